The number of nitrogens with zero attached hydrogens (tertiary/aromatic N) is 6. The molecule has 2 unspecified atom stereocenters. The van der Waals surface area contributed by atoms with Crippen molar-refractivity contribution in [2.75, 3.05) is 6.61 Å². The molecule has 4 aromatic rings. The van der Waals surface area contributed by atoms with Crippen molar-refractivity contribution in [2.45, 2.75) is 65.0 Å². The summed E-state index contributed by atoms with van der Waals surface area (Å²) in [5.74, 6) is 1.31. The van der Waals surface area contributed by atoms with Gasteiger partial charge in [-0.15, -0.1) is 0 Å². The van der Waals surface area contributed by atoms with Gasteiger partial charge in [0, 0.05) is 30.0 Å². The summed E-state index contributed by atoms with van der Waals surface area (Å²) in [6.45, 7) is 6.91. The summed E-state index contributed by atoms with van der Waals surface area (Å²) in [4.78, 5) is 9.37. The lowest BCUT2D eigenvalue weighted by molar-refractivity contribution is -0.0365. The minimum absolute atomic E-state index is 0.0652. The third-order valence-corrected chi connectivity index (χ3v) is 5.73. The number of rotatable bonds is 7. The van der Waals surface area contributed by atoms with E-state index in [-0.39, 0.29) is 12.3 Å². The van der Waals surface area contributed by atoms with E-state index in [1.807, 2.05) is 49.0 Å². The van der Waals surface area contributed by atoms with Crippen molar-refractivity contribution >= 4 is 10.9 Å². The second-order valence-electron chi connectivity index (χ2n) is 9.03. The number of aromatic nitrogens is 6. The highest BCUT2D eigenvalue weighted by Crippen LogP contribution is 2.34. The summed E-state index contributed by atoms with van der Waals surface area (Å²) in [6, 6.07) is 7.87. The first-order valence-electron chi connectivity index (χ1n) is 11.8. The fraction of sp³-hybridized carbons (Fsp3) is 0.440. The van der Waals surface area contributed by atoms with Gasteiger partial charge in [0.1, 0.15) is 11.4 Å². The minimum atomic E-state index is -0.478. The van der Waals surface area contributed by atoms with E-state index in [4.69, 9.17) is 19.6 Å². The Kier molecular flexibility index (Phi) is 6.30. The smallest absolute Gasteiger partial charge is 0.181 e. The third kappa shape index (κ3) is 4.67. The lowest BCUT2D eigenvalue weighted by Crippen LogP contribution is -2.19. The second kappa shape index (κ2) is 9.52. The molecule has 178 valence electrons. The molecule has 0 saturated carbocycles. The van der Waals surface area contributed by atoms with Crippen molar-refractivity contribution in [3.63, 3.8) is 0 Å². The van der Waals surface area contributed by atoms with Gasteiger partial charge in [0.05, 0.1) is 36.2 Å². The van der Waals surface area contributed by atoms with Gasteiger partial charge in [-0.25, -0.2) is 14.6 Å². The number of ether oxygens (including phenoxy) is 2. The van der Waals surface area contributed by atoms with Crippen LogP contribution < -0.4 is 4.74 Å². The van der Waals surface area contributed by atoms with Crippen LogP contribution in [-0.4, -0.2) is 53.5 Å². The fourth-order valence-electron chi connectivity index (χ4n) is 4.27. The zero-order valence-corrected chi connectivity index (χ0v) is 19.8. The molecule has 34 heavy (non-hydrogen) atoms. The van der Waals surface area contributed by atoms with Crippen molar-refractivity contribution in [1.82, 2.24) is 29.5 Å². The third-order valence-electron chi connectivity index (χ3n) is 5.73. The quantitative estimate of drug-likeness (QED) is 0.439. The average molecular weight is 463 g/mol. The molecule has 1 aliphatic heterocycles. The Labute approximate surface area is 198 Å². The molecule has 0 aliphatic carbocycles. The number of benzene rings is 1. The van der Waals surface area contributed by atoms with Gasteiger partial charge in [-0.1, -0.05) is 0 Å². The van der Waals surface area contributed by atoms with Crippen LogP contribution in [0.3, 0.4) is 0 Å². The highest BCUT2D eigenvalue weighted by atomic mass is 16.5. The van der Waals surface area contributed by atoms with Crippen molar-refractivity contribution in [2.24, 2.45) is 0 Å². The van der Waals surface area contributed by atoms with Crippen molar-refractivity contribution in [1.29, 1.82) is 0 Å². The summed E-state index contributed by atoms with van der Waals surface area (Å²) in [5.41, 5.74) is 3.26. The van der Waals surface area contributed by atoms with E-state index in [1.165, 1.54) is 0 Å². The topological polar surface area (TPSA) is 100 Å². The zero-order chi connectivity index (χ0) is 23.7. The predicted octanol–water partition coefficient (Wildman–Crippen LogP) is 4.22. The molecule has 0 radical (unpaired) electrons. The van der Waals surface area contributed by atoms with Gasteiger partial charge in [-0.3, -0.25) is 4.68 Å². The zero-order valence-electron chi connectivity index (χ0n) is 19.8. The van der Waals surface area contributed by atoms with E-state index >= 15 is 0 Å². The van der Waals surface area contributed by atoms with E-state index in [0.717, 1.165) is 53.8 Å². The molecular weight excluding hydrogens is 432 g/mol. The van der Waals surface area contributed by atoms with Crippen LogP contribution in [0.5, 0.6) is 5.75 Å². The summed E-state index contributed by atoms with van der Waals surface area (Å²) in [6.07, 6.45) is 7.94. The van der Waals surface area contributed by atoms with E-state index in [0.29, 0.717) is 18.1 Å². The Bertz CT molecular complexity index is 1270. The van der Waals surface area contributed by atoms with Crippen molar-refractivity contribution in [3.05, 3.63) is 42.9 Å². The Hall–Kier alpha value is -3.30. The number of aliphatic hydroxyl groups excluding tert-OH is 1. The lowest BCUT2D eigenvalue weighted by Gasteiger charge is -2.23. The van der Waals surface area contributed by atoms with Crippen LogP contribution in [0.1, 0.15) is 46.3 Å². The first-order chi connectivity index (χ1) is 16.5. The predicted molar refractivity (Wildman–Crippen MR) is 128 cm³/mol. The van der Waals surface area contributed by atoms with Gasteiger partial charge >= 0.3 is 0 Å². The molecule has 0 bridgehead atoms. The van der Waals surface area contributed by atoms with Gasteiger partial charge in [0.25, 0.3) is 0 Å². The Morgan fingerprint density at radius 2 is 2.09 bits per heavy atom. The van der Waals surface area contributed by atoms with Crippen LogP contribution in [0.15, 0.2) is 42.9 Å². The van der Waals surface area contributed by atoms with Gasteiger partial charge in [0.2, 0.25) is 0 Å². The SMILES string of the molecule is CC(O)Cn1cc(-c2ccnc(-c3nn(C4CCCCO4)c4ccc(OC(C)C)cc34)n2)cn1. The molecule has 1 saturated heterocycles. The minimum Gasteiger partial charge on any atom is -0.491 e. The maximum Gasteiger partial charge on any atom is 0.181 e. The summed E-state index contributed by atoms with van der Waals surface area (Å²) < 4.78 is 15.7. The van der Waals surface area contributed by atoms with Crippen LogP contribution in [0.4, 0.5) is 0 Å². The Balaban J connectivity index is 1.58. The van der Waals surface area contributed by atoms with Gasteiger partial charge < -0.3 is 14.6 Å². The highest BCUT2D eigenvalue weighted by molar-refractivity contribution is 5.93. The van der Waals surface area contributed by atoms with Crippen LogP contribution in [-0.2, 0) is 11.3 Å². The molecule has 1 aliphatic rings. The number of aliphatic hydroxyl groups is 1. The average Bonchev–Trinajstić information content (AvgIpc) is 3.44. The molecule has 9 heteroatoms. The number of hydrogen-bond acceptors (Lipinski definition) is 7. The fourth-order valence-corrected chi connectivity index (χ4v) is 4.27. The van der Waals surface area contributed by atoms with Crippen molar-refractivity contribution < 1.29 is 14.6 Å². The molecule has 0 amide bonds. The second-order valence-corrected chi connectivity index (χ2v) is 9.03. The maximum absolute atomic E-state index is 9.65. The van der Waals surface area contributed by atoms with E-state index < -0.39 is 6.10 Å². The lowest BCUT2D eigenvalue weighted by atomic mass is 10.1. The molecule has 1 N–H and O–H groups in total. The van der Waals surface area contributed by atoms with Gasteiger partial charge in [0.15, 0.2) is 12.1 Å². The number of fused-ring (bicyclic) bond motifs is 1. The molecule has 4 heterocycles. The van der Waals surface area contributed by atoms with Gasteiger partial charge in [-0.05, 0) is 64.3 Å². The molecule has 0 spiro atoms. The Morgan fingerprint density at radius 1 is 1.21 bits per heavy atom. The van der Waals surface area contributed by atoms with Gasteiger partial charge in [-0.2, -0.15) is 10.2 Å². The normalized spacial score (nSPS) is 17.4. The molecular formula is C25H30N6O3. The number of hydrogen-bond donors (Lipinski definition) is 1. The largest absolute Gasteiger partial charge is 0.491 e. The first-order valence-corrected chi connectivity index (χ1v) is 11.8. The molecule has 3 aromatic heterocycles. The Morgan fingerprint density at radius 3 is 2.85 bits per heavy atom. The van der Waals surface area contributed by atoms with E-state index in [1.54, 1.807) is 24.0 Å². The maximum atomic E-state index is 9.65. The standard InChI is InChI=1S/C25H30N6O3/c1-16(2)34-19-7-8-22-20(12-19)24(29-31(22)23-6-4-5-11-33-23)25-26-10-9-21(28-25)18-13-27-30(15-18)14-17(3)32/h7-10,12-13,15-17,23,32H,4-6,11,14H2,1-3H3. The first kappa shape index (κ1) is 22.5. The van der Waals surface area contributed by atoms with Crippen LogP contribution in [0.25, 0.3) is 33.7 Å². The molecule has 9 nitrogen and oxygen atoms in total. The summed E-state index contributed by atoms with van der Waals surface area (Å²) >= 11 is 0. The monoisotopic (exact) mass is 462 g/mol. The van der Waals surface area contributed by atoms with E-state index in [9.17, 15) is 5.11 Å². The summed E-state index contributed by atoms with van der Waals surface area (Å²) in [5, 5.41) is 19.8. The van der Waals surface area contributed by atoms with Crippen LogP contribution in [0, 0.1) is 0 Å². The molecule has 2 atom stereocenters. The molecule has 5 rings (SSSR count). The van der Waals surface area contributed by atoms with Crippen molar-refractivity contribution in [3.8, 4) is 28.5 Å². The molecule has 1 fully saturated rings. The highest BCUT2D eigenvalue weighted by Gasteiger charge is 2.23. The van der Waals surface area contributed by atoms with Crippen LogP contribution >= 0.6 is 0 Å². The van der Waals surface area contributed by atoms with Crippen LogP contribution in [0.2, 0.25) is 0 Å². The summed E-state index contributed by atoms with van der Waals surface area (Å²) in [7, 11) is 0. The van der Waals surface area contributed by atoms with E-state index in [2.05, 4.69) is 10.1 Å². The molecule has 1 aromatic carbocycles.